The SMILES string of the molecule is C=CCn1c(COc2ccccc2)nnc1SCCC(=O)NCc1ccccc1OC. The third-order valence-corrected chi connectivity index (χ3v) is 5.41. The molecule has 0 spiro atoms. The van der Waals surface area contributed by atoms with Crippen molar-refractivity contribution in [3.05, 3.63) is 78.6 Å². The van der Waals surface area contributed by atoms with E-state index in [0.717, 1.165) is 22.2 Å². The number of allylic oxidation sites excluding steroid dienone is 1. The Kier molecular flexibility index (Phi) is 8.54. The number of nitrogens with one attached hydrogen (secondary N) is 1. The number of amides is 1. The van der Waals surface area contributed by atoms with Gasteiger partial charge in [-0.2, -0.15) is 0 Å². The van der Waals surface area contributed by atoms with Gasteiger partial charge < -0.3 is 14.8 Å². The highest BCUT2D eigenvalue weighted by Gasteiger charge is 2.13. The Labute approximate surface area is 186 Å². The van der Waals surface area contributed by atoms with Crippen LogP contribution in [0.3, 0.4) is 0 Å². The van der Waals surface area contributed by atoms with Gasteiger partial charge in [0, 0.05) is 30.8 Å². The third kappa shape index (κ3) is 6.62. The molecule has 1 amide bonds. The van der Waals surface area contributed by atoms with Gasteiger partial charge in [0.15, 0.2) is 11.0 Å². The molecule has 3 rings (SSSR count). The van der Waals surface area contributed by atoms with Gasteiger partial charge in [0.2, 0.25) is 5.91 Å². The molecule has 31 heavy (non-hydrogen) atoms. The monoisotopic (exact) mass is 438 g/mol. The second kappa shape index (κ2) is 11.8. The topological polar surface area (TPSA) is 78.3 Å². The lowest BCUT2D eigenvalue weighted by Crippen LogP contribution is -2.23. The fraction of sp³-hybridized carbons (Fsp3) is 0.261. The molecule has 0 fully saturated rings. The molecule has 3 aromatic rings. The molecule has 0 saturated carbocycles. The lowest BCUT2D eigenvalue weighted by Gasteiger charge is -2.10. The Balaban J connectivity index is 1.49. The van der Waals surface area contributed by atoms with Crippen LogP contribution < -0.4 is 14.8 Å². The number of nitrogens with zero attached hydrogens (tertiary/aromatic N) is 3. The van der Waals surface area contributed by atoms with Gasteiger partial charge in [-0.05, 0) is 18.2 Å². The summed E-state index contributed by atoms with van der Waals surface area (Å²) in [6, 6.07) is 17.2. The number of methoxy groups -OCH3 is 1. The predicted molar refractivity (Wildman–Crippen MR) is 121 cm³/mol. The van der Waals surface area contributed by atoms with Crippen LogP contribution in [0.1, 0.15) is 17.8 Å². The molecule has 2 aromatic carbocycles. The number of ether oxygens (including phenoxy) is 2. The highest BCUT2D eigenvalue weighted by molar-refractivity contribution is 7.99. The normalized spacial score (nSPS) is 10.5. The van der Waals surface area contributed by atoms with Gasteiger partial charge in [-0.3, -0.25) is 9.36 Å². The summed E-state index contributed by atoms with van der Waals surface area (Å²) in [6.45, 7) is 5.13. The molecule has 0 unspecified atom stereocenters. The molecule has 0 aliphatic carbocycles. The van der Waals surface area contributed by atoms with E-state index in [9.17, 15) is 4.79 Å². The molecule has 0 aliphatic rings. The highest BCUT2D eigenvalue weighted by Crippen LogP contribution is 2.20. The minimum absolute atomic E-state index is 0.0270. The second-order valence-electron chi connectivity index (χ2n) is 6.59. The summed E-state index contributed by atoms with van der Waals surface area (Å²) >= 11 is 1.49. The first-order valence-corrected chi connectivity index (χ1v) is 10.9. The van der Waals surface area contributed by atoms with Crippen molar-refractivity contribution in [3.8, 4) is 11.5 Å². The first kappa shape index (κ1) is 22.4. The van der Waals surface area contributed by atoms with E-state index < -0.39 is 0 Å². The summed E-state index contributed by atoms with van der Waals surface area (Å²) in [4.78, 5) is 12.2. The Morgan fingerprint density at radius 3 is 2.71 bits per heavy atom. The molecule has 0 radical (unpaired) electrons. The van der Waals surface area contributed by atoms with Crippen LogP contribution in [0.5, 0.6) is 11.5 Å². The number of rotatable bonds is 12. The van der Waals surface area contributed by atoms with Gasteiger partial charge in [0.1, 0.15) is 18.1 Å². The van der Waals surface area contributed by atoms with E-state index in [1.165, 1.54) is 11.8 Å². The van der Waals surface area contributed by atoms with Crippen LogP contribution in [-0.4, -0.2) is 33.5 Å². The van der Waals surface area contributed by atoms with E-state index in [4.69, 9.17) is 9.47 Å². The molecule has 8 heteroatoms. The maximum Gasteiger partial charge on any atom is 0.221 e. The van der Waals surface area contributed by atoms with Crippen molar-refractivity contribution in [1.82, 2.24) is 20.1 Å². The number of hydrogen-bond donors (Lipinski definition) is 1. The van der Waals surface area contributed by atoms with Crippen LogP contribution in [0.25, 0.3) is 0 Å². The minimum atomic E-state index is -0.0270. The third-order valence-electron chi connectivity index (χ3n) is 4.45. The molecule has 1 aromatic heterocycles. The fourth-order valence-corrected chi connectivity index (χ4v) is 3.78. The van der Waals surface area contributed by atoms with Crippen LogP contribution in [-0.2, 0) is 24.5 Å². The number of para-hydroxylation sites is 2. The van der Waals surface area contributed by atoms with Crippen LogP contribution in [0.2, 0.25) is 0 Å². The van der Waals surface area contributed by atoms with E-state index in [1.807, 2.05) is 59.2 Å². The van der Waals surface area contributed by atoms with Crippen molar-refractivity contribution in [2.45, 2.75) is 31.3 Å². The van der Waals surface area contributed by atoms with E-state index in [2.05, 4.69) is 22.1 Å². The van der Waals surface area contributed by atoms with Crippen molar-refractivity contribution in [1.29, 1.82) is 0 Å². The largest absolute Gasteiger partial charge is 0.496 e. The van der Waals surface area contributed by atoms with E-state index >= 15 is 0 Å². The summed E-state index contributed by atoms with van der Waals surface area (Å²) in [5.41, 5.74) is 0.944. The summed E-state index contributed by atoms with van der Waals surface area (Å²) in [5, 5.41) is 12.2. The van der Waals surface area contributed by atoms with Crippen LogP contribution in [0, 0.1) is 0 Å². The summed E-state index contributed by atoms with van der Waals surface area (Å²) in [7, 11) is 1.62. The molecule has 0 atom stereocenters. The zero-order valence-electron chi connectivity index (χ0n) is 17.5. The van der Waals surface area contributed by atoms with Gasteiger partial charge in [-0.1, -0.05) is 54.2 Å². The van der Waals surface area contributed by atoms with Crippen LogP contribution in [0.15, 0.2) is 72.4 Å². The molecule has 0 bridgehead atoms. The van der Waals surface area contributed by atoms with Crippen molar-refractivity contribution in [2.75, 3.05) is 12.9 Å². The lowest BCUT2D eigenvalue weighted by molar-refractivity contribution is -0.120. The first-order valence-electron chi connectivity index (χ1n) is 9.93. The van der Waals surface area contributed by atoms with Gasteiger partial charge in [-0.25, -0.2) is 0 Å². The second-order valence-corrected chi connectivity index (χ2v) is 7.65. The summed E-state index contributed by atoms with van der Waals surface area (Å²) < 4.78 is 13.0. The Morgan fingerprint density at radius 1 is 1.16 bits per heavy atom. The fourth-order valence-electron chi connectivity index (χ4n) is 2.88. The van der Waals surface area contributed by atoms with Gasteiger partial charge in [0.25, 0.3) is 0 Å². The Hall–Kier alpha value is -3.26. The van der Waals surface area contributed by atoms with Gasteiger partial charge >= 0.3 is 0 Å². The van der Waals surface area contributed by atoms with E-state index in [0.29, 0.717) is 37.7 Å². The molecule has 0 saturated heterocycles. The average molecular weight is 439 g/mol. The lowest BCUT2D eigenvalue weighted by atomic mass is 10.2. The molecule has 1 N–H and O–H groups in total. The number of aromatic nitrogens is 3. The highest BCUT2D eigenvalue weighted by atomic mass is 32.2. The smallest absolute Gasteiger partial charge is 0.221 e. The van der Waals surface area contributed by atoms with E-state index in [-0.39, 0.29) is 5.91 Å². The van der Waals surface area contributed by atoms with Crippen molar-refractivity contribution < 1.29 is 14.3 Å². The summed E-state index contributed by atoms with van der Waals surface area (Å²) in [6.07, 6.45) is 2.16. The number of carbonyl (C=O) groups is 1. The number of carbonyl (C=O) groups excluding carboxylic acids is 1. The molecule has 0 aliphatic heterocycles. The van der Waals surface area contributed by atoms with Crippen molar-refractivity contribution >= 4 is 17.7 Å². The van der Waals surface area contributed by atoms with Crippen LogP contribution in [0.4, 0.5) is 0 Å². The van der Waals surface area contributed by atoms with Gasteiger partial charge in [0.05, 0.1) is 7.11 Å². The van der Waals surface area contributed by atoms with Crippen LogP contribution >= 0.6 is 11.8 Å². The summed E-state index contributed by atoms with van der Waals surface area (Å²) in [5.74, 6) is 2.82. The van der Waals surface area contributed by atoms with E-state index in [1.54, 1.807) is 13.2 Å². The maximum absolute atomic E-state index is 12.2. The minimum Gasteiger partial charge on any atom is -0.496 e. The average Bonchev–Trinajstić information content (AvgIpc) is 3.19. The molecule has 1 heterocycles. The quantitative estimate of drug-likeness (QED) is 0.342. The number of thioether (sulfide) groups is 1. The molecular formula is C23H26N4O3S. The zero-order valence-corrected chi connectivity index (χ0v) is 18.3. The Bertz CT molecular complexity index is 991. The molecule has 7 nitrogen and oxygen atoms in total. The molecular weight excluding hydrogens is 412 g/mol. The molecule has 162 valence electrons. The maximum atomic E-state index is 12.2. The number of benzene rings is 2. The van der Waals surface area contributed by atoms with Crippen molar-refractivity contribution in [3.63, 3.8) is 0 Å². The number of hydrogen-bond acceptors (Lipinski definition) is 6. The standard InChI is InChI=1S/C23H26N4O3S/c1-3-14-27-21(17-30-19-10-5-4-6-11-19)25-26-23(27)31-15-13-22(28)24-16-18-9-7-8-12-20(18)29-2/h3-12H,1,13-17H2,2H3,(H,24,28). The first-order chi connectivity index (χ1) is 15.2. The Morgan fingerprint density at radius 2 is 1.94 bits per heavy atom. The van der Waals surface area contributed by atoms with Gasteiger partial charge in [-0.15, -0.1) is 16.8 Å². The van der Waals surface area contributed by atoms with Crippen molar-refractivity contribution in [2.24, 2.45) is 0 Å². The predicted octanol–water partition coefficient (Wildman–Crippen LogP) is 3.85. The zero-order chi connectivity index (χ0) is 21.9.